The molecule has 2 N–H and O–H groups in total. The minimum atomic E-state index is -0.629. The Kier molecular flexibility index (Phi) is 3.92. The Balaban J connectivity index is 1.66. The highest BCUT2D eigenvalue weighted by molar-refractivity contribution is 5.75. The first-order valence-electron chi connectivity index (χ1n) is 10.3. The van der Waals surface area contributed by atoms with E-state index in [2.05, 4.69) is 19.9 Å². The molecule has 0 heterocycles. The average Bonchev–Trinajstić information content (AvgIpc) is 2.55. The lowest BCUT2D eigenvalue weighted by molar-refractivity contribution is -0.153. The molecule has 0 aliphatic heterocycles. The highest BCUT2D eigenvalue weighted by Crippen LogP contribution is 2.67. The predicted octanol–water partition coefficient (Wildman–Crippen LogP) is 4.79. The molecule has 25 heavy (non-hydrogen) atoms. The van der Waals surface area contributed by atoms with Gasteiger partial charge in [-0.3, -0.25) is 4.79 Å². The number of rotatable bonds is 1. The summed E-state index contributed by atoms with van der Waals surface area (Å²) in [4.78, 5) is 11.7. The van der Waals surface area contributed by atoms with Crippen molar-refractivity contribution in [2.75, 3.05) is 0 Å². The molecule has 7 atom stereocenters. The Morgan fingerprint density at radius 3 is 2.52 bits per heavy atom. The van der Waals surface area contributed by atoms with Crippen molar-refractivity contribution in [2.45, 2.75) is 84.7 Å². The van der Waals surface area contributed by atoms with Crippen molar-refractivity contribution >= 4 is 5.97 Å². The van der Waals surface area contributed by atoms with Crippen LogP contribution < -0.4 is 0 Å². The summed E-state index contributed by atoms with van der Waals surface area (Å²) in [6, 6.07) is 0. The molecule has 4 rings (SSSR count). The number of aliphatic hydroxyl groups excluding tert-OH is 1. The molecule has 3 heteroatoms. The van der Waals surface area contributed by atoms with Gasteiger partial charge in [0.2, 0.25) is 0 Å². The molecule has 3 unspecified atom stereocenters. The van der Waals surface area contributed by atoms with Crippen molar-refractivity contribution < 1.29 is 15.0 Å². The molecule has 0 aromatic rings. The van der Waals surface area contributed by atoms with Gasteiger partial charge in [-0.1, -0.05) is 25.5 Å². The Bertz CT molecular complexity index is 610. The second-order valence-corrected chi connectivity index (χ2v) is 10.4. The fourth-order valence-corrected chi connectivity index (χ4v) is 7.40. The molecule has 3 fully saturated rings. The first-order chi connectivity index (χ1) is 11.7. The predicted molar refractivity (Wildman–Crippen MR) is 98.1 cm³/mol. The number of carbonyl (C=O) groups is 1. The van der Waals surface area contributed by atoms with Crippen LogP contribution in [0.4, 0.5) is 0 Å². The van der Waals surface area contributed by atoms with Gasteiger partial charge in [-0.25, -0.2) is 0 Å². The quantitative estimate of drug-likeness (QED) is 0.671. The van der Waals surface area contributed by atoms with Gasteiger partial charge in [0, 0.05) is 0 Å². The molecule has 4 aliphatic rings. The van der Waals surface area contributed by atoms with E-state index < -0.39 is 11.4 Å². The summed E-state index contributed by atoms with van der Waals surface area (Å²) in [5, 5.41) is 19.8. The van der Waals surface area contributed by atoms with Crippen molar-refractivity contribution in [2.24, 2.45) is 34.0 Å². The fourth-order valence-electron chi connectivity index (χ4n) is 7.40. The molecule has 3 nitrogen and oxygen atoms in total. The molecule has 0 saturated heterocycles. The van der Waals surface area contributed by atoms with E-state index in [1.807, 2.05) is 6.92 Å². The first kappa shape index (κ1) is 17.6. The minimum absolute atomic E-state index is 0.0944. The van der Waals surface area contributed by atoms with Gasteiger partial charge in [0.15, 0.2) is 0 Å². The number of aliphatic hydroxyl groups is 1. The molecule has 3 saturated carbocycles. The third-order valence-corrected chi connectivity index (χ3v) is 9.08. The molecule has 0 spiro atoms. The Hall–Kier alpha value is -0.830. The summed E-state index contributed by atoms with van der Waals surface area (Å²) in [7, 11) is 0. The monoisotopic (exact) mass is 346 g/mol. The van der Waals surface area contributed by atoms with E-state index in [0.717, 1.165) is 44.9 Å². The number of aliphatic carboxylic acids is 1. The van der Waals surface area contributed by atoms with Gasteiger partial charge in [-0.05, 0) is 93.3 Å². The van der Waals surface area contributed by atoms with Gasteiger partial charge >= 0.3 is 5.97 Å². The highest BCUT2D eigenvalue weighted by Gasteiger charge is 2.59. The van der Waals surface area contributed by atoms with Crippen molar-refractivity contribution in [3.63, 3.8) is 0 Å². The summed E-state index contributed by atoms with van der Waals surface area (Å²) in [6.45, 7) is 6.93. The molecule has 0 bridgehead atoms. The van der Waals surface area contributed by atoms with Crippen LogP contribution in [-0.4, -0.2) is 22.3 Å². The molecule has 0 radical (unpaired) electrons. The lowest BCUT2D eigenvalue weighted by Crippen LogP contribution is -2.56. The number of carboxylic acid groups (broad SMARTS) is 1. The standard InChI is InChI=1S/C22H34O3/c1-20(19(24)25)9-8-17-14(13-20)4-5-18-21(2)11-7-16(23)12-15(21)6-10-22(17,18)3/h4,15-18,23H,5-13H2,1-3H3,(H,24,25)/t15?,16-,17?,18?,20-,21-,22-/m0/s1. The summed E-state index contributed by atoms with van der Waals surface area (Å²) >= 11 is 0. The van der Waals surface area contributed by atoms with E-state index in [4.69, 9.17) is 0 Å². The van der Waals surface area contributed by atoms with E-state index in [-0.39, 0.29) is 6.10 Å². The topological polar surface area (TPSA) is 57.5 Å². The molecular formula is C22H34O3. The van der Waals surface area contributed by atoms with E-state index in [1.165, 1.54) is 18.4 Å². The van der Waals surface area contributed by atoms with Crippen LogP contribution >= 0.6 is 0 Å². The molecule has 0 aromatic carbocycles. The first-order valence-corrected chi connectivity index (χ1v) is 10.3. The van der Waals surface area contributed by atoms with E-state index in [1.54, 1.807) is 0 Å². The molecular weight excluding hydrogens is 312 g/mol. The SMILES string of the molecule is C[C@]1(C(=O)O)CCC2C(=CCC3[C@@]4(C)CC[C@H](O)CC4CC[C@@]23C)C1. The van der Waals surface area contributed by atoms with Crippen molar-refractivity contribution in [1.29, 1.82) is 0 Å². The molecule has 140 valence electrons. The molecule has 0 aromatic heterocycles. The number of fused-ring (bicyclic) bond motifs is 5. The van der Waals surface area contributed by atoms with Crippen molar-refractivity contribution in [1.82, 2.24) is 0 Å². The third kappa shape index (κ3) is 2.44. The fraction of sp³-hybridized carbons (Fsp3) is 0.864. The highest BCUT2D eigenvalue weighted by atomic mass is 16.4. The summed E-state index contributed by atoms with van der Waals surface area (Å²) in [6.07, 6.45) is 11.6. The number of hydrogen-bond donors (Lipinski definition) is 2. The van der Waals surface area contributed by atoms with E-state index in [9.17, 15) is 15.0 Å². The Morgan fingerprint density at radius 1 is 1.08 bits per heavy atom. The van der Waals surface area contributed by atoms with Crippen LogP contribution in [0.3, 0.4) is 0 Å². The molecule has 0 amide bonds. The average molecular weight is 347 g/mol. The second-order valence-electron chi connectivity index (χ2n) is 10.4. The van der Waals surface area contributed by atoms with E-state index in [0.29, 0.717) is 28.6 Å². The zero-order chi connectivity index (χ0) is 18.0. The number of allylic oxidation sites excluding steroid dienone is 2. The lowest BCUT2D eigenvalue weighted by atomic mass is 9.41. The van der Waals surface area contributed by atoms with Gasteiger partial charge in [-0.2, -0.15) is 0 Å². The van der Waals surface area contributed by atoms with Gasteiger partial charge in [-0.15, -0.1) is 0 Å². The largest absolute Gasteiger partial charge is 0.481 e. The zero-order valence-corrected chi connectivity index (χ0v) is 16.1. The second kappa shape index (κ2) is 5.58. The normalized spacial score (nSPS) is 52.4. The minimum Gasteiger partial charge on any atom is -0.481 e. The van der Waals surface area contributed by atoms with Gasteiger partial charge in [0.25, 0.3) is 0 Å². The summed E-state index contributed by atoms with van der Waals surface area (Å²) < 4.78 is 0. The lowest BCUT2D eigenvalue weighted by Gasteiger charge is -2.63. The third-order valence-electron chi connectivity index (χ3n) is 9.08. The van der Waals surface area contributed by atoms with Crippen molar-refractivity contribution in [3.8, 4) is 0 Å². The van der Waals surface area contributed by atoms with Crippen molar-refractivity contribution in [3.05, 3.63) is 11.6 Å². The van der Waals surface area contributed by atoms with Crippen LogP contribution in [0, 0.1) is 34.0 Å². The van der Waals surface area contributed by atoms with Crippen LogP contribution in [0.15, 0.2) is 11.6 Å². The Labute approximate surface area is 151 Å². The Morgan fingerprint density at radius 2 is 1.80 bits per heavy atom. The van der Waals surface area contributed by atoms with Gasteiger partial charge in [0.1, 0.15) is 0 Å². The maximum atomic E-state index is 11.7. The van der Waals surface area contributed by atoms with Gasteiger partial charge in [0.05, 0.1) is 11.5 Å². The van der Waals surface area contributed by atoms with Crippen LogP contribution in [0.5, 0.6) is 0 Å². The number of carboxylic acids is 1. The van der Waals surface area contributed by atoms with E-state index >= 15 is 0 Å². The summed E-state index contributed by atoms with van der Waals surface area (Å²) in [5.41, 5.74) is 1.54. The van der Waals surface area contributed by atoms with Crippen LogP contribution in [0.2, 0.25) is 0 Å². The zero-order valence-electron chi connectivity index (χ0n) is 16.1. The van der Waals surface area contributed by atoms with Crippen LogP contribution in [-0.2, 0) is 4.79 Å². The molecule has 4 aliphatic carbocycles. The number of hydrogen-bond acceptors (Lipinski definition) is 2. The smallest absolute Gasteiger partial charge is 0.309 e. The summed E-state index contributed by atoms with van der Waals surface area (Å²) in [5.74, 6) is 1.30. The van der Waals surface area contributed by atoms with Crippen LogP contribution in [0.1, 0.15) is 78.6 Å². The maximum absolute atomic E-state index is 11.7. The van der Waals surface area contributed by atoms with Crippen LogP contribution in [0.25, 0.3) is 0 Å². The maximum Gasteiger partial charge on any atom is 0.309 e. The van der Waals surface area contributed by atoms with Gasteiger partial charge < -0.3 is 10.2 Å².